The second-order valence-corrected chi connectivity index (χ2v) is 8.48. The number of aryl methyl sites for hydroxylation is 2. The minimum absolute atomic E-state index is 0.0636. The normalized spacial score (nSPS) is 15.4. The number of carbonyl (C=O) groups excluding carboxylic acids is 1. The van der Waals surface area contributed by atoms with Crippen molar-refractivity contribution < 1.29 is 4.79 Å². The van der Waals surface area contributed by atoms with Crippen molar-refractivity contribution in [3.05, 3.63) is 111 Å². The van der Waals surface area contributed by atoms with Crippen LogP contribution in [0.4, 0.5) is 0 Å². The molecule has 1 unspecified atom stereocenters. The predicted molar refractivity (Wildman–Crippen MR) is 123 cm³/mol. The highest BCUT2D eigenvalue weighted by Crippen LogP contribution is 2.45. The molecule has 4 aromatic rings. The average Bonchev–Trinajstić information content (AvgIpc) is 3.31. The molecule has 5 heteroatoms. The summed E-state index contributed by atoms with van der Waals surface area (Å²) in [7, 11) is 0. The first kappa shape index (κ1) is 19.6. The second-order valence-electron chi connectivity index (χ2n) is 8.07. The molecule has 0 fully saturated rings. The molecule has 0 radical (unpaired) electrons. The van der Waals surface area contributed by atoms with Crippen molar-refractivity contribution in [3.8, 4) is 11.3 Å². The number of nitrogens with zero attached hydrogens (tertiary/aromatic N) is 2. The fraction of sp³-hybridized carbons (Fsp3) is 0.154. The van der Waals surface area contributed by atoms with Crippen LogP contribution in [0.1, 0.15) is 44.3 Å². The van der Waals surface area contributed by atoms with Crippen molar-refractivity contribution >= 4 is 17.5 Å². The van der Waals surface area contributed by atoms with Crippen molar-refractivity contribution in [2.45, 2.75) is 26.4 Å². The number of hydrogen-bond acceptors (Lipinski definition) is 2. The summed E-state index contributed by atoms with van der Waals surface area (Å²) in [5.41, 5.74) is 7.53. The molecule has 0 spiro atoms. The number of carbonyl (C=O) groups is 1. The monoisotopic (exact) mass is 427 g/mol. The number of rotatable bonds is 4. The lowest BCUT2D eigenvalue weighted by Crippen LogP contribution is -2.29. The third kappa shape index (κ3) is 3.43. The van der Waals surface area contributed by atoms with E-state index in [1.54, 1.807) is 0 Å². The maximum Gasteiger partial charge on any atom is 0.273 e. The first-order valence-corrected chi connectivity index (χ1v) is 10.7. The van der Waals surface area contributed by atoms with Gasteiger partial charge in [0.25, 0.3) is 5.91 Å². The molecule has 4 nitrogen and oxygen atoms in total. The molecular formula is C26H22ClN3O. The van der Waals surface area contributed by atoms with E-state index in [2.05, 4.69) is 60.4 Å². The van der Waals surface area contributed by atoms with E-state index in [9.17, 15) is 4.79 Å². The highest BCUT2D eigenvalue weighted by Gasteiger charge is 2.42. The van der Waals surface area contributed by atoms with Gasteiger partial charge in [-0.2, -0.15) is 5.10 Å². The fourth-order valence-electron chi connectivity index (χ4n) is 4.20. The Hall–Kier alpha value is -3.37. The molecule has 1 amide bonds. The van der Waals surface area contributed by atoms with Crippen LogP contribution >= 0.6 is 11.6 Å². The van der Waals surface area contributed by atoms with E-state index in [0.717, 1.165) is 27.9 Å². The van der Waals surface area contributed by atoms with Crippen molar-refractivity contribution in [1.29, 1.82) is 0 Å². The van der Waals surface area contributed by atoms with E-state index >= 15 is 0 Å². The summed E-state index contributed by atoms with van der Waals surface area (Å²) in [4.78, 5) is 15.4. The van der Waals surface area contributed by atoms with Crippen molar-refractivity contribution in [3.63, 3.8) is 0 Å². The van der Waals surface area contributed by atoms with Gasteiger partial charge in [-0.25, -0.2) is 0 Å². The molecule has 3 aromatic carbocycles. The molecule has 5 rings (SSSR count). The second kappa shape index (κ2) is 7.71. The van der Waals surface area contributed by atoms with Gasteiger partial charge >= 0.3 is 0 Å². The molecule has 2 heterocycles. The Morgan fingerprint density at radius 2 is 1.58 bits per heavy atom. The van der Waals surface area contributed by atoms with E-state index in [-0.39, 0.29) is 11.9 Å². The zero-order valence-electron chi connectivity index (χ0n) is 17.4. The third-order valence-corrected chi connectivity index (χ3v) is 6.21. The summed E-state index contributed by atoms with van der Waals surface area (Å²) in [5.74, 6) is -0.0636. The molecule has 0 bridgehead atoms. The van der Waals surface area contributed by atoms with E-state index < -0.39 is 0 Å². The van der Waals surface area contributed by atoms with Gasteiger partial charge in [0.15, 0.2) is 0 Å². The Bertz CT molecular complexity index is 1260. The van der Waals surface area contributed by atoms with Gasteiger partial charge in [0.05, 0.1) is 11.7 Å². The Kier molecular flexibility index (Phi) is 4.87. The predicted octanol–water partition coefficient (Wildman–Crippen LogP) is 6.09. The van der Waals surface area contributed by atoms with E-state index in [4.69, 9.17) is 11.6 Å². The number of benzene rings is 3. The average molecular weight is 428 g/mol. The van der Waals surface area contributed by atoms with Gasteiger partial charge in [-0.15, -0.1) is 0 Å². The summed E-state index contributed by atoms with van der Waals surface area (Å²) in [5, 5.41) is 8.18. The Labute approximate surface area is 186 Å². The maximum absolute atomic E-state index is 13.5. The van der Waals surface area contributed by atoms with Crippen LogP contribution in [0.2, 0.25) is 5.02 Å². The topological polar surface area (TPSA) is 49.0 Å². The molecular weight excluding hydrogens is 406 g/mol. The molecule has 154 valence electrons. The highest BCUT2D eigenvalue weighted by atomic mass is 35.5. The molecule has 1 atom stereocenters. The maximum atomic E-state index is 13.5. The van der Waals surface area contributed by atoms with Crippen molar-refractivity contribution in [1.82, 2.24) is 15.1 Å². The van der Waals surface area contributed by atoms with Crippen molar-refractivity contribution in [2.75, 3.05) is 0 Å². The van der Waals surface area contributed by atoms with Crippen LogP contribution < -0.4 is 0 Å². The molecule has 31 heavy (non-hydrogen) atoms. The van der Waals surface area contributed by atoms with Crippen LogP contribution in [0.25, 0.3) is 11.3 Å². The van der Waals surface area contributed by atoms with Gasteiger partial charge in [-0.05, 0) is 31.0 Å². The number of H-pyrrole nitrogens is 1. The summed E-state index contributed by atoms with van der Waals surface area (Å²) < 4.78 is 0. The third-order valence-electron chi connectivity index (χ3n) is 5.86. The van der Waals surface area contributed by atoms with Crippen LogP contribution in [-0.2, 0) is 6.54 Å². The molecule has 1 aliphatic rings. The minimum Gasteiger partial charge on any atom is -0.322 e. The number of fused-ring (bicyclic) bond motifs is 1. The zero-order valence-corrected chi connectivity index (χ0v) is 18.1. The number of aromatic nitrogens is 2. The highest BCUT2D eigenvalue weighted by molar-refractivity contribution is 6.31. The lowest BCUT2D eigenvalue weighted by atomic mass is 9.95. The molecule has 0 saturated heterocycles. The van der Waals surface area contributed by atoms with Crippen LogP contribution in [-0.4, -0.2) is 21.0 Å². The Morgan fingerprint density at radius 1 is 0.935 bits per heavy atom. The molecule has 0 saturated carbocycles. The summed E-state index contributed by atoms with van der Waals surface area (Å²) in [6, 6.07) is 23.9. The van der Waals surface area contributed by atoms with E-state index in [1.807, 2.05) is 41.3 Å². The standard InChI is InChI=1S/C26H22ClN3O/c1-16-7-11-18(12-8-16)15-30-25(20-5-3-4-6-21(20)27)22-23(28-29-24(22)26(30)31)19-13-9-17(2)10-14-19/h3-14,25H,15H2,1-2H3,(H,28,29). The summed E-state index contributed by atoms with van der Waals surface area (Å²) >= 11 is 6.63. The number of aromatic amines is 1. The first-order chi connectivity index (χ1) is 15.0. The zero-order chi connectivity index (χ0) is 21.5. The molecule has 1 N–H and O–H groups in total. The largest absolute Gasteiger partial charge is 0.322 e. The first-order valence-electron chi connectivity index (χ1n) is 10.3. The van der Waals surface area contributed by atoms with Gasteiger partial charge in [0, 0.05) is 22.7 Å². The lowest BCUT2D eigenvalue weighted by Gasteiger charge is -2.27. The van der Waals surface area contributed by atoms with Crippen LogP contribution in [0.3, 0.4) is 0 Å². The molecule has 1 aromatic heterocycles. The van der Waals surface area contributed by atoms with Crippen LogP contribution in [0.5, 0.6) is 0 Å². The number of hydrogen-bond donors (Lipinski definition) is 1. The van der Waals surface area contributed by atoms with Gasteiger partial charge in [0.1, 0.15) is 5.69 Å². The number of nitrogens with one attached hydrogen (secondary N) is 1. The SMILES string of the molecule is Cc1ccc(CN2C(=O)c3[nH]nc(-c4ccc(C)cc4)c3C2c2ccccc2Cl)cc1. The fourth-order valence-corrected chi connectivity index (χ4v) is 4.44. The number of amides is 1. The van der Waals surface area contributed by atoms with Crippen molar-refractivity contribution in [2.24, 2.45) is 0 Å². The van der Waals surface area contributed by atoms with Gasteiger partial charge in [0.2, 0.25) is 0 Å². The minimum atomic E-state index is -0.312. The van der Waals surface area contributed by atoms with E-state index in [1.165, 1.54) is 11.1 Å². The van der Waals surface area contributed by atoms with Gasteiger partial charge < -0.3 is 4.90 Å². The van der Waals surface area contributed by atoms with Gasteiger partial charge in [-0.1, -0.05) is 89.5 Å². The van der Waals surface area contributed by atoms with Gasteiger partial charge in [-0.3, -0.25) is 9.89 Å². The Balaban J connectivity index is 1.65. The molecule has 1 aliphatic heterocycles. The van der Waals surface area contributed by atoms with E-state index in [0.29, 0.717) is 17.3 Å². The lowest BCUT2D eigenvalue weighted by molar-refractivity contribution is 0.0730. The van der Waals surface area contributed by atoms with Crippen LogP contribution in [0, 0.1) is 13.8 Å². The quantitative estimate of drug-likeness (QED) is 0.428. The summed E-state index contributed by atoms with van der Waals surface area (Å²) in [6.07, 6.45) is 0. The summed E-state index contributed by atoms with van der Waals surface area (Å²) in [6.45, 7) is 4.60. The number of halogens is 1. The Morgan fingerprint density at radius 3 is 2.26 bits per heavy atom. The molecule has 0 aliphatic carbocycles. The smallest absolute Gasteiger partial charge is 0.273 e. The van der Waals surface area contributed by atoms with Crippen LogP contribution in [0.15, 0.2) is 72.8 Å².